The molecule has 0 atom stereocenters. The number of nitrogens with one attached hydrogen (secondary N) is 1. The maximum Gasteiger partial charge on any atom is 0.131 e. The van der Waals surface area contributed by atoms with Gasteiger partial charge in [-0.25, -0.2) is 4.98 Å². The van der Waals surface area contributed by atoms with Crippen molar-refractivity contribution in [2.24, 2.45) is 0 Å². The van der Waals surface area contributed by atoms with Gasteiger partial charge < -0.3 is 10.1 Å². The fraction of sp³-hybridized carbons (Fsp3) is 0.312. The molecule has 0 spiro atoms. The Kier molecular flexibility index (Phi) is 5.69. The lowest BCUT2D eigenvalue weighted by atomic mass is 10.2. The second-order valence-corrected chi connectivity index (χ2v) is 4.95. The van der Waals surface area contributed by atoms with Crippen molar-refractivity contribution < 1.29 is 4.74 Å². The number of benzene rings is 1. The van der Waals surface area contributed by atoms with Crippen molar-refractivity contribution in [3.05, 3.63) is 53.3 Å². The van der Waals surface area contributed by atoms with Gasteiger partial charge >= 0.3 is 0 Å². The lowest BCUT2D eigenvalue weighted by Crippen LogP contribution is -2.00. The Labute approximate surface area is 124 Å². The topological polar surface area (TPSA) is 34.1 Å². The molecule has 3 nitrogen and oxygen atoms in total. The molecule has 0 aliphatic rings. The Morgan fingerprint density at radius 2 is 2.00 bits per heavy atom. The number of pyridine rings is 1. The van der Waals surface area contributed by atoms with Crippen molar-refractivity contribution in [1.29, 1.82) is 0 Å². The van der Waals surface area contributed by atoms with E-state index in [9.17, 15) is 0 Å². The number of anilines is 1. The van der Waals surface area contributed by atoms with E-state index >= 15 is 0 Å². The van der Waals surface area contributed by atoms with Gasteiger partial charge in [0.1, 0.15) is 10.9 Å². The van der Waals surface area contributed by atoms with Crippen molar-refractivity contribution in [2.75, 3.05) is 11.9 Å². The number of ether oxygens (including phenoxy) is 1. The molecule has 0 saturated heterocycles. The van der Waals surface area contributed by atoms with Crippen LogP contribution in [0.4, 0.5) is 5.69 Å². The standard InChI is InChI=1S/C16H19ClN2O/c1-2-3-10-20-15-6-4-13(5-7-15)12-19-14-8-9-18-16(17)11-14/h4-9,11H,2-3,10,12H2,1H3,(H,18,19). The summed E-state index contributed by atoms with van der Waals surface area (Å²) in [6, 6.07) is 11.9. The quantitative estimate of drug-likeness (QED) is 0.601. The Morgan fingerprint density at radius 1 is 1.20 bits per heavy atom. The molecule has 0 bridgehead atoms. The second kappa shape index (κ2) is 7.75. The minimum absolute atomic E-state index is 0.495. The summed E-state index contributed by atoms with van der Waals surface area (Å²) in [5.74, 6) is 0.925. The molecule has 0 amide bonds. The average molecular weight is 291 g/mol. The van der Waals surface area contributed by atoms with Crippen LogP contribution in [0.3, 0.4) is 0 Å². The van der Waals surface area contributed by atoms with Crippen LogP contribution in [0, 0.1) is 0 Å². The first kappa shape index (κ1) is 14.7. The summed E-state index contributed by atoms with van der Waals surface area (Å²) < 4.78 is 5.63. The van der Waals surface area contributed by atoms with Crippen LogP contribution in [-0.2, 0) is 6.54 Å². The summed E-state index contributed by atoms with van der Waals surface area (Å²) in [5, 5.41) is 3.80. The van der Waals surface area contributed by atoms with E-state index in [2.05, 4.69) is 29.4 Å². The third kappa shape index (κ3) is 4.74. The highest BCUT2D eigenvalue weighted by atomic mass is 35.5. The van der Waals surface area contributed by atoms with Crippen LogP contribution in [0.5, 0.6) is 5.75 Å². The van der Waals surface area contributed by atoms with Gasteiger partial charge in [0.15, 0.2) is 0 Å². The highest BCUT2D eigenvalue weighted by Crippen LogP contribution is 2.16. The van der Waals surface area contributed by atoms with Crippen LogP contribution >= 0.6 is 11.6 Å². The summed E-state index contributed by atoms with van der Waals surface area (Å²) >= 11 is 5.84. The van der Waals surface area contributed by atoms with Gasteiger partial charge in [0.25, 0.3) is 0 Å². The average Bonchev–Trinajstić information content (AvgIpc) is 2.47. The predicted molar refractivity (Wildman–Crippen MR) is 83.4 cm³/mol. The van der Waals surface area contributed by atoms with E-state index in [4.69, 9.17) is 16.3 Å². The first-order valence-electron chi connectivity index (χ1n) is 6.85. The zero-order valence-corrected chi connectivity index (χ0v) is 12.4. The van der Waals surface area contributed by atoms with E-state index < -0.39 is 0 Å². The molecule has 0 radical (unpaired) electrons. The predicted octanol–water partition coefficient (Wildman–Crippen LogP) is 4.53. The SMILES string of the molecule is CCCCOc1ccc(CNc2ccnc(Cl)c2)cc1. The summed E-state index contributed by atoms with van der Waals surface area (Å²) in [6.45, 7) is 3.68. The molecule has 0 fully saturated rings. The van der Waals surface area contributed by atoms with E-state index in [1.54, 1.807) is 6.20 Å². The maximum atomic E-state index is 5.84. The fourth-order valence-electron chi connectivity index (χ4n) is 1.75. The van der Waals surface area contributed by atoms with Crippen LogP contribution in [0.2, 0.25) is 5.15 Å². The Bertz CT molecular complexity index is 528. The molecule has 1 N–H and O–H groups in total. The smallest absolute Gasteiger partial charge is 0.131 e. The fourth-order valence-corrected chi connectivity index (χ4v) is 1.93. The summed E-state index contributed by atoms with van der Waals surface area (Å²) in [7, 11) is 0. The zero-order valence-electron chi connectivity index (χ0n) is 11.6. The highest BCUT2D eigenvalue weighted by molar-refractivity contribution is 6.29. The maximum absolute atomic E-state index is 5.84. The van der Waals surface area contributed by atoms with Gasteiger partial charge in [0.05, 0.1) is 6.61 Å². The number of unbranched alkanes of at least 4 members (excludes halogenated alkanes) is 1. The number of nitrogens with zero attached hydrogens (tertiary/aromatic N) is 1. The molecule has 106 valence electrons. The van der Waals surface area contributed by atoms with Gasteiger partial charge in [-0.1, -0.05) is 37.1 Å². The van der Waals surface area contributed by atoms with E-state index in [1.807, 2.05) is 24.3 Å². The van der Waals surface area contributed by atoms with Crippen molar-refractivity contribution in [3.63, 3.8) is 0 Å². The molecule has 1 aromatic carbocycles. The Morgan fingerprint density at radius 3 is 2.70 bits per heavy atom. The van der Waals surface area contributed by atoms with E-state index in [0.29, 0.717) is 5.15 Å². The van der Waals surface area contributed by atoms with Gasteiger partial charge in [0, 0.05) is 18.4 Å². The van der Waals surface area contributed by atoms with Gasteiger partial charge in [0.2, 0.25) is 0 Å². The first-order chi connectivity index (χ1) is 9.78. The lowest BCUT2D eigenvalue weighted by Gasteiger charge is -2.08. The molecule has 0 unspecified atom stereocenters. The van der Waals surface area contributed by atoms with Gasteiger partial charge in [-0.2, -0.15) is 0 Å². The summed E-state index contributed by atoms with van der Waals surface area (Å²) in [6.07, 6.45) is 3.93. The number of aromatic nitrogens is 1. The second-order valence-electron chi connectivity index (χ2n) is 4.57. The van der Waals surface area contributed by atoms with E-state index in [1.165, 1.54) is 5.56 Å². The third-order valence-corrected chi connectivity index (χ3v) is 3.12. The van der Waals surface area contributed by atoms with Crippen LogP contribution in [0.15, 0.2) is 42.6 Å². The largest absolute Gasteiger partial charge is 0.494 e. The molecule has 2 aromatic rings. The number of halogens is 1. The van der Waals surface area contributed by atoms with Gasteiger partial charge in [-0.3, -0.25) is 0 Å². The molecular formula is C16H19ClN2O. The monoisotopic (exact) mass is 290 g/mol. The number of rotatable bonds is 7. The minimum Gasteiger partial charge on any atom is -0.494 e. The van der Waals surface area contributed by atoms with Crippen molar-refractivity contribution in [1.82, 2.24) is 4.98 Å². The zero-order chi connectivity index (χ0) is 14.2. The normalized spacial score (nSPS) is 10.3. The van der Waals surface area contributed by atoms with Gasteiger partial charge in [-0.15, -0.1) is 0 Å². The lowest BCUT2D eigenvalue weighted by molar-refractivity contribution is 0.309. The molecule has 20 heavy (non-hydrogen) atoms. The number of hydrogen-bond acceptors (Lipinski definition) is 3. The third-order valence-electron chi connectivity index (χ3n) is 2.91. The highest BCUT2D eigenvalue weighted by Gasteiger charge is 1.97. The molecule has 2 rings (SSSR count). The molecule has 4 heteroatoms. The number of hydrogen-bond donors (Lipinski definition) is 1. The molecule has 0 saturated carbocycles. The summed E-state index contributed by atoms with van der Waals surface area (Å²) in [4.78, 5) is 3.95. The van der Waals surface area contributed by atoms with Crippen LogP contribution in [-0.4, -0.2) is 11.6 Å². The Hall–Kier alpha value is -1.74. The van der Waals surface area contributed by atoms with Crippen LogP contribution < -0.4 is 10.1 Å². The van der Waals surface area contributed by atoms with E-state index in [0.717, 1.165) is 37.4 Å². The van der Waals surface area contributed by atoms with Crippen LogP contribution in [0.25, 0.3) is 0 Å². The molecule has 1 heterocycles. The Balaban J connectivity index is 1.84. The van der Waals surface area contributed by atoms with Gasteiger partial charge in [-0.05, 0) is 36.2 Å². The summed E-state index contributed by atoms with van der Waals surface area (Å²) in [5.41, 5.74) is 2.16. The molecule has 1 aromatic heterocycles. The van der Waals surface area contributed by atoms with Crippen molar-refractivity contribution >= 4 is 17.3 Å². The first-order valence-corrected chi connectivity index (χ1v) is 7.23. The minimum atomic E-state index is 0.495. The van der Waals surface area contributed by atoms with Crippen molar-refractivity contribution in [3.8, 4) is 5.75 Å². The van der Waals surface area contributed by atoms with Crippen LogP contribution in [0.1, 0.15) is 25.3 Å². The molecular weight excluding hydrogens is 272 g/mol. The van der Waals surface area contributed by atoms with E-state index in [-0.39, 0.29) is 0 Å². The molecule has 0 aliphatic heterocycles. The van der Waals surface area contributed by atoms with Crippen molar-refractivity contribution in [2.45, 2.75) is 26.3 Å². The molecule has 0 aliphatic carbocycles.